The van der Waals surface area contributed by atoms with Crippen molar-refractivity contribution in [3.63, 3.8) is 0 Å². The topological polar surface area (TPSA) is 42.3 Å². The second-order valence-corrected chi connectivity index (χ2v) is 5.43. The summed E-state index contributed by atoms with van der Waals surface area (Å²) in [5, 5.41) is 0. The van der Waals surface area contributed by atoms with E-state index in [4.69, 9.17) is 0 Å². The summed E-state index contributed by atoms with van der Waals surface area (Å²) < 4.78 is 1.80. The molecule has 0 N–H and O–H groups in total. The van der Waals surface area contributed by atoms with E-state index in [0.29, 0.717) is 17.7 Å². The molecule has 0 saturated carbocycles. The molecule has 1 heterocycles. The van der Waals surface area contributed by atoms with Gasteiger partial charge in [-0.3, -0.25) is 9.59 Å². The molecule has 0 aliphatic heterocycles. The van der Waals surface area contributed by atoms with E-state index < -0.39 is 0 Å². The van der Waals surface area contributed by atoms with Gasteiger partial charge >= 0.3 is 0 Å². The highest BCUT2D eigenvalue weighted by Crippen LogP contribution is 2.14. The molecule has 0 bridgehead atoms. The Hall–Kier alpha value is -2.36. The van der Waals surface area contributed by atoms with Crippen molar-refractivity contribution in [1.29, 1.82) is 0 Å². The first kappa shape index (κ1) is 15.0. The Morgan fingerprint density at radius 1 is 1.05 bits per heavy atom. The molecule has 0 aliphatic carbocycles. The molecule has 0 unspecified atom stereocenters. The largest absolute Gasteiger partial charge is 0.348 e. The van der Waals surface area contributed by atoms with E-state index in [0.717, 1.165) is 11.3 Å². The fraction of sp³-hybridized carbons (Fsp3) is 0.294. The number of likely N-dealkylation sites (N-methyl/N-ethyl adjacent to an activating group) is 1. The maximum absolute atomic E-state index is 12.5. The van der Waals surface area contributed by atoms with Crippen LogP contribution in [-0.2, 0) is 18.3 Å². The Kier molecular flexibility index (Phi) is 4.26. The van der Waals surface area contributed by atoms with E-state index in [1.807, 2.05) is 44.3 Å². The normalized spacial score (nSPS) is 10.5. The van der Waals surface area contributed by atoms with Crippen LogP contribution in [0.2, 0.25) is 0 Å². The highest BCUT2D eigenvalue weighted by Gasteiger charge is 2.16. The van der Waals surface area contributed by atoms with Crippen LogP contribution >= 0.6 is 0 Å². The lowest BCUT2D eigenvalue weighted by Gasteiger charge is -2.11. The van der Waals surface area contributed by atoms with Crippen LogP contribution in [0.4, 0.5) is 0 Å². The molecule has 4 nitrogen and oxygen atoms in total. The second-order valence-electron chi connectivity index (χ2n) is 5.43. The van der Waals surface area contributed by atoms with Crippen molar-refractivity contribution in [2.24, 2.45) is 7.05 Å². The van der Waals surface area contributed by atoms with Crippen molar-refractivity contribution in [2.75, 3.05) is 14.1 Å². The molecule has 0 aliphatic rings. The van der Waals surface area contributed by atoms with Gasteiger partial charge in [0.25, 0.3) is 0 Å². The first-order valence-electron chi connectivity index (χ1n) is 6.86. The van der Waals surface area contributed by atoms with Crippen LogP contribution in [0.15, 0.2) is 36.4 Å². The van der Waals surface area contributed by atoms with E-state index in [9.17, 15) is 9.59 Å². The van der Waals surface area contributed by atoms with Gasteiger partial charge in [0.1, 0.15) is 0 Å². The van der Waals surface area contributed by atoms with Gasteiger partial charge in [-0.15, -0.1) is 0 Å². The number of rotatable bonds is 4. The molecule has 110 valence electrons. The Morgan fingerprint density at radius 3 is 2.24 bits per heavy atom. The van der Waals surface area contributed by atoms with Crippen molar-refractivity contribution < 1.29 is 9.59 Å². The molecule has 0 spiro atoms. The Balaban J connectivity index is 2.25. The first-order valence-corrected chi connectivity index (χ1v) is 6.86. The third-order valence-electron chi connectivity index (χ3n) is 3.60. The van der Waals surface area contributed by atoms with Crippen molar-refractivity contribution in [3.05, 3.63) is 58.9 Å². The van der Waals surface area contributed by atoms with Gasteiger partial charge in [0.2, 0.25) is 11.7 Å². The number of carbonyl (C=O) groups excluding carboxylic acids is 2. The van der Waals surface area contributed by atoms with Crippen LogP contribution < -0.4 is 0 Å². The quantitative estimate of drug-likeness (QED) is 0.808. The number of hydrogen-bond acceptors (Lipinski definition) is 2. The smallest absolute Gasteiger partial charge is 0.227 e. The number of carbonyl (C=O) groups is 2. The number of nitrogens with zero attached hydrogens (tertiary/aromatic N) is 2. The van der Waals surface area contributed by atoms with Gasteiger partial charge in [0, 0.05) is 32.4 Å². The van der Waals surface area contributed by atoms with Crippen molar-refractivity contribution in [3.8, 4) is 0 Å². The maximum atomic E-state index is 12.5. The zero-order chi connectivity index (χ0) is 15.6. The van der Waals surface area contributed by atoms with Crippen LogP contribution in [0.25, 0.3) is 0 Å². The standard InChI is InChI=1S/C17H20N2O2/c1-12-5-7-13(8-6-12)17(21)15-10-9-14(19(15)4)11-16(20)18(2)3/h5-10H,11H2,1-4H3. The number of amides is 1. The van der Waals surface area contributed by atoms with E-state index in [-0.39, 0.29) is 11.7 Å². The van der Waals surface area contributed by atoms with Gasteiger partial charge in [-0.25, -0.2) is 0 Å². The fourth-order valence-corrected chi connectivity index (χ4v) is 2.12. The van der Waals surface area contributed by atoms with Gasteiger partial charge < -0.3 is 9.47 Å². The van der Waals surface area contributed by atoms with Gasteiger partial charge in [0.05, 0.1) is 12.1 Å². The number of ketones is 1. The molecule has 1 aromatic carbocycles. The number of aromatic nitrogens is 1. The van der Waals surface area contributed by atoms with Crippen LogP contribution in [0.5, 0.6) is 0 Å². The second kappa shape index (κ2) is 5.95. The summed E-state index contributed by atoms with van der Waals surface area (Å²) in [7, 11) is 5.27. The minimum atomic E-state index is -0.0268. The molecule has 1 aromatic heterocycles. The van der Waals surface area contributed by atoms with Crippen LogP contribution in [0, 0.1) is 6.92 Å². The lowest BCUT2D eigenvalue weighted by Crippen LogP contribution is -2.24. The highest BCUT2D eigenvalue weighted by molar-refractivity contribution is 6.08. The molecular weight excluding hydrogens is 264 g/mol. The van der Waals surface area contributed by atoms with Crippen molar-refractivity contribution >= 4 is 11.7 Å². The molecule has 0 radical (unpaired) electrons. The third-order valence-corrected chi connectivity index (χ3v) is 3.60. The Bertz CT molecular complexity index is 667. The molecule has 21 heavy (non-hydrogen) atoms. The fourth-order valence-electron chi connectivity index (χ4n) is 2.12. The molecule has 2 aromatic rings. The summed E-state index contributed by atoms with van der Waals surface area (Å²) in [5.74, 6) is -0.00779. The van der Waals surface area contributed by atoms with Crippen LogP contribution in [-0.4, -0.2) is 35.3 Å². The lowest BCUT2D eigenvalue weighted by atomic mass is 10.1. The summed E-state index contributed by atoms with van der Waals surface area (Å²) >= 11 is 0. The summed E-state index contributed by atoms with van der Waals surface area (Å²) in [6.07, 6.45) is 0.296. The molecule has 2 rings (SSSR count). The predicted molar refractivity (Wildman–Crippen MR) is 82.4 cm³/mol. The van der Waals surface area contributed by atoms with E-state index in [2.05, 4.69) is 0 Å². The van der Waals surface area contributed by atoms with Gasteiger partial charge in [-0.05, 0) is 19.1 Å². The average molecular weight is 284 g/mol. The minimum absolute atomic E-state index is 0.0190. The zero-order valence-electron chi connectivity index (χ0n) is 12.9. The predicted octanol–water partition coefficient (Wildman–Crippen LogP) is 2.20. The summed E-state index contributed by atoms with van der Waals surface area (Å²) in [6, 6.07) is 11.1. The van der Waals surface area contributed by atoms with E-state index in [1.165, 1.54) is 0 Å². The van der Waals surface area contributed by atoms with Gasteiger partial charge in [0.15, 0.2) is 0 Å². The highest BCUT2D eigenvalue weighted by atomic mass is 16.2. The third kappa shape index (κ3) is 3.21. The van der Waals surface area contributed by atoms with Gasteiger partial charge in [-0.2, -0.15) is 0 Å². The summed E-state index contributed by atoms with van der Waals surface area (Å²) in [6.45, 7) is 1.99. The lowest BCUT2D eigenvalue weighted by molar-refractivity contribution is -0.128. The molecule has 0 saturated heterocycles. The zero-order valence-corrected chi connectivity index (χ0v) is 12.9. The molecule has 4 heteroatoms. The summed E-state index contributed by atoms with van der Waals surface area (Å²) in [4.78, 5) is 25.8. The van der Waals surface area contributed by atoms with Gasteiger partial charge in [-0.1, -0.05) is 29.8 Å². The SMILES string of the molecule is Cc1ccc(C(=O)c2ccc(CC(=O)N(C)C)n2C)cc1. The Labute approximate surface area is 125 Å². The van der Waals surface area contributed by atoms with Crippen molar-refractivity contribution in [1.82, 2.24) is 9.47 Å². The molecule has 0 fully saturated rings. The average Bonchev–Trinajstić information content (AvgIpc) is 2.80. The Morgan fingerprint density at radius 2 is 1.67 bits per heavy atom. The number of benzene rings is 1. The molecule has 0 atom stereocenters. The van der Waals surface area contributed by atoms with Crippen LogP contribution in [0.1, 0.15) is 27.3 Å². The van der Waals surface area contributed by atoms with E-state index >= 15 is 0 Å². The summed E-state index contributed by atoms with van der Waals surface area (Å²) in [5.41, 5.74) is 3.22. The minimum Gasteiger partial charge on any atom is -0.348 e. The molecule has 1 amide bonds. The molecular formula is C17H20N2O2. The number of hydrogen-bond donors (Lipinski definition) is 0. The van der Waals surface area contributed by atoms with E-state index in [1.54, 1.807) is 29.6 Å². The maximum Gasteiger partial charge on any atom is 0.227 e. The monoisotopic (exact) mass is 284 g/mol. The first-order chi connectivity index (χ1) is 9.90. The van der Waals surface area contributed by atoms with Crippen molar-refractivity contribution in [2.45, 2.75) is 13.3 Å². The number of aryl methyl sites for hydroxylation is 1. The van der Waals surface area contributed by atoms with Crippen LogP contribution in [0.3, 0.4) is 0 Å².